The average molecular weight is 263 g/mol. The molecular weight excluding hydrogens is 238 g/mol. The van der Waals surface area contributed by atoms with Gasteiger partial charge >= 0.3 is 0 Å². The van der Waals surface area contributed by atoms with E-state index >= 15 is 0 Å². The van der Waals surface area contributed by atoms with Gasteiger partial charge in [-0.2, -0.15) is 0 Å². The summed E-state index contributed by atoms with van der Waals surface area (Å²) < 4.78 is 5.23. The van der Waals surface area contributed by atoms with Crippen LogP contribution in [-0.2, 0) is 6.54 Å². The number of hydrogen-bond acceptors (Lipinski definition) is 3. The monoisotopic (exact) mass is 263 g/mol. The zero-order valence-corrected chi connectivity index (χ0v) is 12.2. The van der Waals surface area contributed by atoms with Gasteiger partial charge < -0.3 is 10.5 Å². The largest absolute Gasteiger partial charge is 0.496 e. The number of nitrogens with zero attached hydrogens (tertiary/aromatic N) is 1. The Morgan fingerprint density at radius 3 is 2.37 bits per heavy atom. The summed E-state index contributed by atoms with van der Waals surface area (Å²) in [5, 5.41) is 7.60. The Labute approximate surface area is 116 Å². The van der Waals surface area contributed by atoms with Crippen molar-refractivity contribution in [2.45, 2.75) is 33.2 Å². The number of rotatable bonds is 8. The van der Waals surface area contributed by atoms with E-state index in [1.165, 1.54) is 5.56 Å². The summed E-state index contributed by atoms with van der Waals surface area (Å²) in [5.74, 6) is 0.713. The highest BCUT2D eigenvalue weighted by Gasteiger charge is 2.09. The number of nitrogen functional groups attached to an aromatic ring is 1. The first kappa shape index (κ1) is 15.5. The Balaban J connectivity index is 2.88. The van der Waals surface area contributed by atoms with Crippen LogP contribution in [0.25, 0.3) is 0 Å². The smallest absolute Gasteiger partial charge is 0.129 e. The molecule has 106 valence electrons. The van der Waals surface area contributed by atoms with Crippen LogP contribution in [0.1, 0.15) is 37.8 Å². The molecule has 0 radical (unpaired) electrons. The summed E-state index contributed by atoms with van der Waals surface area (Å²) in [6.45, 7) is 7.46. The van der Waals surface area contributed by atoms with Crippen molar-refractivity contribution in [2.24, 2.45) is 5.73 Å². The lowest BCUT2D eigenvalue weighted by Crippen LogP contribution is -2.25. The third kappa shape index (κ3) is 4.56. The first-order valence-electron chi connectivity index (χ1n) is 6.86. The number of ether oxygens (including phenoxy) is 1. The maximum absolute atomic E-state index is 7.60. The molecule has 0 saturated carbocycles. The number of nitrogens with two attached hydrogens (primary N) is 1. The van der Waals surface area contributed by atoms with Crippen LogP contribution in [0.5, 0.6) is 5.75 Å². The molecule has 0 aliphatic heterocycles. The Morgan fingerprint density at radius 2 is 1.89 bits per heavy atom. The van der Waals surface area contributed by atoms with E-state index in [1.54, 1.807) is 7.11 Å². The van der Waals surface area contributed by atoms with Crippen LogP contribution in [0.2, 0.25) is 0 Å². The van der Waals surface area contributed by atoms with Gasteiger partial charge in [0.15, 0.2) is 0 Å². The fourth-order valence-corrected chi connectivity index (χ4v) is 2.22. The van der Waals surface area contributed by atoms with E-state index in [9.17, 15) is 0 Å². The summed E-state index contributed by atoms with van der Waals surface area (Å²) in [5.41, 5.74) is 7.44. The van der Waals surface area contributed by atoms with Gasteiger partial charge in [0.1, 0.15) is 11.6 Å². The van der Waals surface area contributed by atoms with Crippen molar-refractivity contribution in [1.29, 1.82) is 5.41 Å². The second-order valence-electron chi connectivity index (χ2n) is 4.72. The summed E-state index contributed by atoms with van der Waals surface area (Å²) in [4.78, 5) is 2.42. The molecule has 0 aliphatic carbocycles. The second-order valence-corrected chi connectivity index (χ2v) is 4.72. The quantitative estimate of drug-likeness (QED) is 0.560. The summed E-state index contributed by atoms with van der Waals surface area (Å²) >= 11 is 0. The topological polar surface area (TPSA) is 62.3 Å². The molecule has 0 atom stereocenters. The van der Waals surface area contributed by atoms with Gasteiger partial charge in [-0.25, -0.2) is 0 Å². The van der Waals surface area contributed by atoms with E-state index in [4.69, 9.17) is 15.9 Å². The van der Waals surface area contributed by atoms with Gasteiger partial charge in [-0.3, -0.25) is 10.3 Å². The van der Waals surface area contributed by atoms with Gasteiger partial charge in [0.2, 0.25) is 0 Å². The zero-order chi connectivity index (χ0) is 14.3. The van der Waals surface area contributed by atoms with Crippen molar-refractivity contribution < 1.29 is 4.74 Å². The van der Waals surface area contributed by atoms with Crippen LogP contribution in [0, 0.1) is 5.41 Å². The molecule has 19 heavy (non-hydrogen) atoms. The van der Waals surface area contributed by atoms with Crippen LogP contribution in [0.15, 0.2) is 18.2 Å². The number of hydrogen-bond donors (Lipinski definition) is 2. The molecule has 4 nitrogen and oxygen atoms in total. The molecule has 1 aromatic carbocycles. The van der Waals surface area contributed by atoms with Crippen molar-refractivity contribution in [3.63, 3.8) is 0 Å². The summed E-state index contributed by atoms with van der Waals surface area (Å²) in [7, 11) is 1.60. The minimum Gasteiger partial charge on any atom is -0.496 e. The van der Waals surface area contributed by atoms with Gasteiger partial charge in [0.25, 0.3) is 0 Å². The minimum atomic E-state index is 0.0521. The highest BCUT2D eigenvalue weighted by Crippen LogP contribution is 2.20. The lowest BCUT2D eigenvalue weighted by molar-refractivity contribution is 0.266. The van der Waals surface area contributed by atoms with E-state index in [0.717, 1.165) is 32.5 Å². The molecule has 0 aromatic heterocycles. The third-order valence-electron chi connectivity index (χ3n) is 3.04. The highest BCUT2D eigenvalue weighted by molar-refractivity contribution is 5.97. The summed E-state index contributed by atoms with van der Waals surface area (Å²) in [6, 6.07) is 5.89. The van der Waals surface area contributed by atoms with Crippen molar-refractivity contribution in [3.8, 4) is 5.75 Å². The average Bonchev–Trinajstić information content (AvgIpc) is 2.39. The molecule has 0 fully saturated rings. The number of nitrogens with one attached hydrogen (secondary N) is 1. The normalized spacial score (nSPS) is 10.7. The lowest BCUT2D eigenvalue weighted by atomic mass is 10.1. The SMILES string of the molecule is CCCN(CCC)Cc1ccc(OC)c(C(=N)N)c1. The van der Waals surface area contributed by atoms with Crippen LogP contribution in [0.4, 0.5) is 0 Å². The maximum Gasteiger partial charge on any atom is 0.129 e. The first-order valence-corrected chi connectivity index (χ1v) is 6.86. The molecule has 0 amide bonds. The summed E-state index contributed by atoms with van der Waals surface area (Å²) in [6.07, 6.45) is 2.30. The van der Waals surface area contributed by atoms with E-state index < -0.39 is 0 Å². The predicted octanol–water partition coefficient (Wildman–Crippen LogP) is 2.60. The molecule has 4 heteroatoms. The van der Waals surface area contributed by atoms with Crippen molar-refractivity contribution in [1.82, 2.24) is 4.90 Å². The predicted molar refractivity (Wildman–Crippen MR) is 79.9 cm³/mol. The van der Waals surface area contributed by atoms with Crippen molar-refractivity contribution in [2.75, 3.05) is 20.2 Å². The zero-order valence-electron chi connectivity index (χ0n) is 12.2. The Morgan fingerprint density at radius 1 is 1.26 bits per heavy atom. The van der Waals surface area contributed by atoms with Crippen LogP contribution >= 0.6 is 0 Å². The second kappa shape index (κ2) is 7.79. The number of methoxy groups -OCH3 is 1. The molecule has 0 bridgehead atoms. The molecule has 0 saturated heterocycles. The molecule has 0 heterocycles. The van der Waals surface area contributed by atoms with Crippen LogP contribution < -0.4 is 10.5 Å². The van der Waals surface area contributed by atoms with Crippen molar-refractivity contribution in [3.05, 3.63) is 29.3 Å². The number of benzene rings is 1. The molecule has 0 aliphatic rings. The van der Waals surface area contributed by atoms with E-state index in [-0.39, 0.29) is 5.84 Å². The van der Waals surface area contributed by atoms with Gasteiger partial charge in [0.05, 0.1) is 12.7 Å². The van der Waals surface area contributed by atoms with E-state index in [1.807, 2.05) is 18.2 Å². The molecule has 1 rings (SSSR count). The van der Waals surface area contributed by atoms with Gasteiger partial charge in [0, 0.05) is 6.54 Å². The Bertz CT molecular complexity index is 412. The van der Waals surface area contributed by atoms with Crippen LogP contribution in [0.3, 0.4) is 0 Å². The Kier molecular flexibility index (Phi) is 6.36. The standard InChI is InChI=1S/C15H25N3O/c1-4-8-18(9-5-2)11-12-6-7-14(19-3)13(10-12)15(16)17/h6-7,10H,4-5,8-9,11H2,1-3H3,(H3,16,17). The maximum atomic E-state index is 7.60. The lowest BCUT2D eigenvalue weighted by Gasteiger charge is -2.21. The Hall–Kier alpha value is -1.55. The molecule has 0 unspecified atom stereocenters. The fraction of sp³-hybridized carbons (Fsp3) is 0.533. The van der Waals surface area contributed by atoms with Gasteiger partial charge in [-0.1, -0.05) is 19.9 Å². The third-order valence-corrected chi connectivity index (χ3v) is 3.04. The first-order chi connectivity index (χ1) is 9.12. The molecule has 0 spiro atoms. The van der Waals surface area contributed by atoms with Crippen LogP contribution in [-0.4, -0.2) is 30.9 Å². The molecule has 3 N–H and O–H groups in total. The molecule has 1 aromatic rings. The van der Waals surface area contributed by atoms with E-state index in [2.05, 4.69) is 18.7 Å². The van der Waals surface area contributed by atoms with Gasteiger partial charge in [-0.05, 0) is 43.6 Å². The highest BCUT2D eigenvalue weighted by atomic mass is 16.5. The number of amidine groups is 1. The van der Waals surface area contributed by atoms with Crippen molar-refractivity contribution >= 4 is 5.84 Å². The molecular formula is C15H25N3O. The van der Waals surface area contributed by atoms with Gasteiger partial charge in [-0.15, -0.1) is 0 Å². The van der Waals surface area contributed by atoms with E-state index in [0.29, 0.717) is 11.3 Å². The minimum absolute atomic E-state index is 0.0521. The fourth-order valence-electron chi connectivity index (χ4n) is 2.22.